The molecule has 9 nitrogen and oxygen atoms in total. The summed E-state index contributed by atoms with van der Waals surface area (Å²) in [7, 11) is -4.03. The van der Waals surface area contributed by atoms with Gasteiger partial charge in [-0.05, 0) is 39.3 Å². The highest BCUT2D eigenvalue weighted by molar-refractivity contribution is 7.90. The SMILES string of the molecule is CC(C)(C)OC(=O)N[C@@H](CCC(=O)NS(=O)(=O)c1ccccc1)C(=O)O. The molecule has 0 radical (unpaired) electrons. The van der Waals surface area contributed by atoms with Crippen LogP contribution in [0.25, 0.3) is 0 Å². The van der Waals surface area contributed by atoms with Gasteiger partial charge in [0, 0.05) is 6.42 Å². The highest BCUT2D eigenvalue weighted by Gasteiger charge is 2.25. The predicted molar refractivity (Wildman–Crippen MR) is 91.8 cm³/mol. The summed E-state index contributed by atoms with van der Waals surface area (Å²) >= 11 is 0. The number of nitrogens with one attached hydrogen (secondary N) is 2. The second-order valence-corrected chi connectivity index (χ2v) is 8.10. The Morgan fingerprint density at radius 3 is 2.23 bits per heavy atom. The molecule has 0 aliphatic rings. The van der Waals surface area contributed by atoms with Crippen LogP contribution >= 0.6 is 0 Å². The van der Waals surface area contributed by atoms with Crippen LogP contribution in [0.5, 0.6) is 0 Å². The third-order valence-corrected chi connectivity index (χ3v) is 4.34. The topological polar surface area (TPSA) is 139 Å². The Kier molecular flexibility index (Phi) is 7.13. The molecule has 0 aliphatic heterocycles. The zero-order chi connectivity index (χ0) is 20.0. The summed E-state index contributed by atoms with van der Waals surface area (Å²) in [5, 5.41) is 11.3. The van der Waals surface area contributed by atoms with Gasteiger partial charge in [0.2, 0.25) is 5.91 Å². The van der Waals surface area contributed by atoms with Gasteiger partial charge in [-0.3, -0.25) is 4.79 Å². The third-order valence-electron chi connectivity index (χ3n) is 2.95. The minimum atomic E-state index is -4.03. The number of aliphatic carboxylic acids is 1. The van der Waals surface area contributed by atoms with E-state index in [2.05, 4.69) is 5.32 Å². The average molecular weight is 386 g/mol. The molecule has 144 valence electrons. The quantitative estimate of drug-likeness (QED) is 0.641. The minimum Gasteiger partial charge on any atom is -0.480 e. The molecule has 0 fully saturated rings. The normalized spacial score (nSPS) is 12.7. The molecule has 1 rings (SSSR count). The van der Waals surface area contributed by atoms with E-state index in [1.807, 2.05) is 4.72 Å². The van der Waals surface area contributed by atoms with Gasteiger partial charge in [-0.1, -0.05) is 18.2 Å². The maximum atomic E-state index is 12.0. The number of amides is 2. The van der Waals surface area contributed by atoms with E-state index in [1.54, 1.807) is 26.8 Å². The van der Waals surface area contributed by atoms with E-state index in [1.165, 1.54) is 24.3 Å². The molecular weight excluding hydrogens is 364 g/mol. The van der Waals surface area contributed by atoms with Crippen LogP contribution in [0, 0.1) is 0 Å². The summed E-state index contributed by atoms with van der Waals surface area (Å²) in [6, 6.07) is 5.88. The van der Waals surface area contributed by atoms with Gasteiger partial charge in [0.15, 0.2) is 0 Å². The van der Waals surface area contributed by atoms with E-state index in [0.29, 0.717) is 0 Å². The van der Waals surface area contributed by atoms with Gasteiger partial charge >= 0.3 is 12.1 Å². The van der Waals surface area contributed by atoms with Crippen molar-refractivity contribution in [3.63, 3.8) is 0 Å². The number of carboxylic acids is 1. The molecule has 0 aliphatic carbocycles. The summed E-state index contributed by atoms with van der Waals surface area (Å²) in [6.45, 7) is 4.85. The van der Waals surface area contributed by atoms with Crippen molar-refractivity contribution >= 4 is 28.0 Å². The van der Waals surface area contributed by atoms with Crippen molar-refractivity contribution in [1.29, 1.82) is 0 Å². The first kappa shape index (κ1) is 21.4. The zero-order valence-electron chi connectivity index (χ0n) is 14.7. The van der Waals surface area contributed by atoms with Crippen LogP contribution in [0.15, 0.2) is 35.2 Å². The van der Waals surface area contributed by atoms with Crippen LogP contribution in [0.1, 0.15) is 33.6 Å². The van der Waals surface area contributed by atoms with Crippen molar-refractivity contribution in [3.05, 3.63) is 30.3 Å². The first-order chi connectivity index (χ1) is 11.9. The maximum absolute atomic E-state index is 12.0. The Morgan fingerprint density at radius 2 is 1.73 bits per heavy atom. The van der Waals surface area contributed by atoms with Crippen LogP contribution in [-0.2, 0) is 24.3 Å². The lowest BCUT2D eigenvalue weighted by molar-refractivity contribution is -0.139. The highest BCUT2D eigenvalue weighted by atomic mass is 32.2. The first-order valence-electron chi connectivity index (χ1n) is 7.74. The number of carbonyl (C=O) groups is 3. The van der Waals surface area contributed by atoms with Gasteiger partial charge in [0.05, 0.1) is 4.90 Å². The number of sulfonamides is 1. The molecule has 0 bridgehead atoms. The van der Waals surface area contributed by atoms with E-state index >= 15 is 0 Å². The first-order valence-corrected chi connectivity index (χ1v) is 9.22. The van der Waals surface area contributed by atoms with Crippen LogP contribution < -0.4 is 10.0 Å². The molecule has 0 aromatic heterocycles. The lowest BCUT2D eigenvalue weighted by Crippen LogP contribution is -2.44. The smallest absolute Gasteiger partial charge is 0.408 e. The van der Waals surface area contributed by atoms with E-state index in [9.17, 15) is 22.8 Å². The van der Waals surface area contributed by atoms with Crippen LogP contribution in [0.3, 0.4) is 0 Å². The molecule has 1 aromatic rings. The van der Waals surface area contributed by atoms with E-state index in [0.717, 1.165) is 0 Å². The monoisotopic (exact) mass is 386 g/mol. The number of carboxylic acid groups (broad SMARTS) is 1. The van der Waals surface area contributed by atoms with Crippen molar-refractivity contribution in [1.82, 2.24) is 10.0 Å². The van der Waals surface area contributed by atoms with Gasteiger partial charge in [-0.15, -0.1) is 0 Å². The summed E-state index contributed by atoms with van der Waals surface area (Å²) in [5.74, 6) is -2.25. The zero-order valence-corrected chi connectivity index (χ0v) is 15.5. The number of carbonyl (C=O) groups excluding carboxylic acids is 2. The molecule has 0 spiro atoms. The largest absolute Gasteiger partial charge is 0.480 e. The van der Waals surface area contributed by atoms with Gasteiger partial charge in [0.25, 0.3) is 10.0 Å². The molecule has 0 saturated carbocycles. The van der Waals surface area contributed by atoms with E-state index in [-0.39, 0.29) is 11.3 Å². The highest BCUT2D eigenvalue weighted by Crippen LogP contribution is 2.09. The molecule has 10 heteroatoms. The minimum absolute atomic E-state index is 0.0879. The third kappa shape index (κ3) is 7.51. The van der Waals surface area contributed by atoms with E-state index in [4.69, 9.17) is 9.84 Å². The van der Waals surface area contributed by atoms with Gasteiger partial charge < -0.3 is 15.2 Å². The van der Waals surface area contributed by atoms with Crippen LogP contribution in [0.4, 0.5) is 4.79 Å². The number of hydrogen-bond donors (Lipinski definition) is 3. The van der Waals surface area contributed by atoms with E-state index < -0.39 is 46.1 Å². The maximum Gasteiger partial charge on any atom is 0.408 e. The molecule has 1 aromatic carbocycles. The number of rotatable bonds is 7. The molecule has 3 N–H and O–H groups in total. The molecule has 2 amide bonds. The Labute approximate surface area is 151 Å². The van der Waals surface area contributed by atoms with Crippen molar-refractivity contribution in [3.8, 4) is 0 Å². The fourth-order valence-corrected chi connectivity index (χ4v) is 2.88. The van der Waals surface area contributed by atoms with Gasteiger partial charge in [-0.2, -0.15) is 0 Å². The number of alkyl carbamates (subject to hydrolysis) is 1. The molecule has 1 atom stereocenters. The summed E-state index contributed by atoms with van der Waals surface area (Å²) < 4.78 is 30.8. The Bertz CT molecular complexity index is 755. The number of hydrogen-bond acceptors (Lipinski definition) is 6. The summed E-state index contributed by atoms with van der Waals surface area (Å²) in [4.78, 5) is 34.6. The van der Waals surface area contributed by atoms with Crippen molar-refractivity contribution in [2.45, 2.75) is 50.2 Å². The van der Waals surface area contributed by atoms with Gasteiger partial charge in [-0.25, -0.2) is 22.7 Å². The Balaban J connectivity index is 2.62. The van der Waals surface area contributed by atoms with Crippen molar-refractivity contribution in [2.24, 2.45) is 0 Å². The fraction of sp³-hybridized carbons (Fsp3) is 0.438. The predicted octanol–water partition coefficient (Wildman–Crippen LogP) is 1.25. The number of ether oxygens (including phenoxy) is 1. The average Bonchev–Trinajstić information content (AvgIpc) is 2.49. The lowest BCUT2D eigenvalue weighted by atomic mass is 10.1. The molecule has 0 saturated heterocycles. The Hall–Kier alpha value is -2.62. The van der Waals surface area contributed by atoms with Crippen molar-refractivity contribution < 1.29 is 32.6 Å². The second kappa shape index (κ2) is 8.65. The van der Waals surface area contributed by atoms with Gasteiger partial charge in [0.1, 0.15) is 11.6 Å². The standard InChI is InChI=1S/C16H22N2O7S/c1-16(2,3)25-15(22)17-12(14(20)21)9-10-13(19)18-26(23,24)11-7-5-4-6-8-11/h4-8,12H,9-10H2,1-3H3,(H,17,22)(H,18,19)(H,20,21)/t12-/m0/s1. The van der Waals surface area contributed by atoms with Crippen LogP contribution in [0.2, 0.25) is 0 Å². The Morgan fingerprint density at radius 1 is 1.15 bits per heavy atom. The lowest BCUT2D eigenvalue weighted by Gasteiger charge is -2.21. The summed E-state index contributed by atoms with van der Waals surface area (Å²) in [5.41, 5.74) is -0.811. The number of benzene rings is 1. The molecule has 26 heavy (non-hydrogen) atoms. The van der Waals surface area contributed by atoms with Crippen molar-refractivity contribution in [2.75, 3.05) is 0 Å². The molecule has 0 heterocycles. The second-order valence-electron chi connectivity index (χ2n) is 6.42. The molecule has 0 unspecified atom stereocenters. The van der Waals surface area contributed by atoms with Crippen LogP contribution in [-0.4, -0.2) is 43.1 Å². The molecular formula is C16H22N2O7S. The summed E-state index contributed by atoms with van der Waals surface area (Å²) in [6.07, 6.45) is -1.66. The fourth-order valence-electron chi connectivity index (χ4n) is 1.84.